The van der Waals surface area contributed by atoms with Gasteiger partial charge in [0, 0.05) is 12.2 Å². The molecule has 76 valence electrons. The Morgan fingerprint density at radius 3 is 2.38 bits per heavy atom. The van der Waals surface area contributed by atoms with E-state index >= 15 is 0 Å². The zero-order valence-electron chi connectivity index (χ0n) is 8.67. The summed E-state index contributed by atoms with van der Waals surface area (Å²) >= 11 is 0. The molecule has 0 aliphatic rings. The van der Waals surface area contributed by atoms with Gasteiger partial charge in [0.25, 0.3) is 0 Å². The van der Waals surface area contributed by atoms with Crippen molar-refractivity contribution in [2.75, 3.05) is 0 Å². The van der Waals surface area contributed by atoms with Crippen molar-refractivity contribution in [2.24, 2.45) is 0 Å². The van der Waals surface area contributed by atoms with E-state index in [1.165, 1.54) is 12.2 Å². The smallest absolute Gasteiger partial charge is 0.0918 e. The molecule has 0 radical (unpaired) electrons. The molecule has 0 N–H and O–H groups in total. The summed E-state index contributed by atoms with van der Waals surface area (Å²) < 4.78 is 0. The normalized spacial score (nSPS) is 11.5. The van der Waals surface area contributed by atoms with Crippen molar-refractivity contribution in [1.82, 2.24) is 0 Å². The van der Waals surface area contributed by atoms with Gasteiger partial charge >= 0.3 is 0 Å². The number of nitrogens with zero attached hydrogens (tertiary/aromatic N) is 2. The molecule has 0 fully saturated rings. The van der Waals surface area contributed by atoms with Crippen LogP contribution in [-0.2, 0) is 0 Å². The standard InChI is InChI=1S/C14H10N2/c15-11-4-7-14(10-12-16)9-8-13-5-2-1-3-6-13/h1-10H. The van der Waals surface area contributed by atoms with Crippen molar-refractivity contribution < 1.29 is 0 Å². The Hall–Kier alpha value is -2.58. The minimum atomic E-state index is 0.702. The average molecular weight is 206 g/mol. The number of hydrogen-bond donors (Lipinski definition) is 0. The fraction of sp³-hybridized carbons (Fsp3) is 0. The second kappa shape index (κ2) is 6.81. The molecule has 0 aliphatic heterocycles. The van der Waals surface area contributed by atoms with E-state index in [-0.39, 0.29) is 0 Å². The number of rotatable bonds is 3. The molecule has 0 aromatic heterocycles. The van der Waals surface area contributed by atoms with Crippen molar-refractivity contribution in [3.05, 3.63) is 65.8 Å². The molecular weight excluding hydrogens is 196 g/mol. The molecule has 0 atom stereocenters. The first-order valence-electron chi connectivity index (χ1n) is 4.76. The lowest BCUT2D eigenvalue weighted by Gasteiger charge is -1.92. The summed E-state index contributed by atoms with van der Waals surface area (Å²) in [5.41, 5.74) is 1.75. The number of nitriles is 2. The summed E-state index contributed by atoms with van der Waals surface area (Å²) in [7, 11) is 0. The van der Waals surface area contributed by atoms with Crippen LogP contribution in [0.1, 0.15) is 5.56 Å². The predicted octanol–water partition coefficient (Wildman–Crippen LogP) is 3.23. The van der Waals surface area contributed by atoms with E-state index in [1.54, 1.807) is 12.2 Å². The first-order valence-corrected chi connectivity index (χ1v) is 4.76. The molecule has 0 saturated heterocycles. The second-order valence-corrected chi connectivity index (χ2v) is 2.98. The van der Waals surface area contributed by atoms with Crippen molar-refractivity contribution in [1.29, 1.82) is 10.5 Å². The molecule has 0 unspecified atom stereocenters. The Balaban J connectivity index is 2.82. The first kappa shape index (κ1) is 11.5. The van der Waals surface area contributed by atoms with Crippen LogP contribution in [0.25, 0.3) is 6.08 Å². The van der Waals surface area contributed by atoms with Crippen LogP contribution in [0.3, 0.4) is 0 Å². The third kappa shape index (κ3) is 4.09. The fourth-order valence-electron chi connectivity index (χ4n) is 1.12. The molecule has 0 aliphatic carbocycles. The minimum Gasteiger partial charge on any atom is -0.193 e. The van der Waals surface area contributed by atoms with E-state index in [2.05, 4.69) is 0 Å². The highest BCUT2D eigenvalue weighted by molar-refractivity contribution is 5.55. The van der Waals surface area contributed by atoms with Gasteiger partial charge in [-0.25, -0.2) is 0 Å². The van der Waals surface area contributed by atoms with Crippen molar-refractivity contribution >= 4 is 6.08 Å². The van der Waals surface area contributed by atoms with Gasteiger partial charge in [0.1, 0.15) is 0 Å². The van der Waals surface area contributed by atoms with Gasteiger partial charge in [-0.1, -0.05) is 42.5 Å². The summed E-state index contributed by atoms with van der Waals surface area (Å²) in [6.45, 7) is 0. The van der Waals surface area contributed by atoms with Gasteiger partial charge in [-0.15, -0.1) is 0 Å². The molecule has 2 nitrogen and oxygen atoms in total. The topological polar surface area (TPSA) is 47.6 Å². The summed E-state index contributed by atoms with van der Waals surface area (Å²) in [4.78, 5) is 0. The Morgan fingerprint density at radius 1 is 1.00 bits per heavy atom. The van der Waals surface area contributed by atoms with Gasteiger partial charge in [-0.2, -0.15) is 10.5 Å². The molecule has 1 aromatic rings. The summed E-state index contributed by atoms with van der Waals surface area (Å²) in [5, 5.41) is 17.0. The zero-order valence-corrected chi connectivity index (χ0v) is 8.67. The van der Waals surface area contributed by atoms with E-state index in [4.69, 9.17) is 10.5 Å². The van der Waals surface area contributed by atoms with E-state index in [1.807, 2.05) is 48.5 Å². The van der Waals surface area contributed by atoms with Crippen molar-refractivity contribution in [3.8, 4) is 12.1 Å². The molecule has 1 rings (SSSR count). The third-order valence-electron chi connectivity index (χ3n) is 1.85. The van der Waals surface area contributed by atoms with E-state index in [9.17, 15) is 0 Å². The van der Waals surface area contributed by atoms with Crippen LogP contribution >= 0.6 is 0 Å². The minimum absolute atomic E-state index is 0.702. The lowest BCUT2D eigenvalue weighted by atomic mass is 10.1. The summed E-state index contributed by atoms with van der Waals surface area (Å²) in [6, 6.07) is 13.6. The van der Waals surface area contributed by atoms with Crippen LogP contribution in [-0.4, -0.2) is 0 Å². The van der Waals surface area contributed by atoms with Gasteiger partial charge in [0.2, 0.25) is 0 Å². The van der Waals surface area contributed by atoms with Gasteiger partial charge in [-0.05, 0) is 17.2 Å². The third-order valence-corrected chi connectivity index (χ3v) is 1.85. The second-order valence-electron chi connectivity index (χ2n) is 2.98. The highest BCUT2D eigenvalue weighted by atomic mass is 14.2. The molecule has 1 aromatic carbocycles. The quantitative estimate of drug-likeness (QED) is 0.563. The van der Waals surface area contributed by atoms with Crippen LogP contribution in [0.2, 0.25) is 0 Å². The highest BCUT2D eigenvalue weighted by Crippen LogP contribution is 2.06. The Labute approximate surface area is 95.1 Å². The van der Waals surface area contributed by atoms with Crippen molar-refractivity contribution in [2.45, 2.75) is 0 Å². The average Bonchev–Trinajstić information content (AvgIpc) is 2.34. The molecular formula is C14H10N2. The molecule has 0 bridgehead atoms. The molecule has 0 amide bonds. The monoisotopic (exact) mass is 206 g/mol. The summed E-state index contributed by atoms with van der Waals surface area (Å²) in [6.07, 6.45) is 8.03. The van der Waals surface area contributed by atoms with Crippen molar-refractivity contribution in [3.63, 3.8) is 0 Å². The highest BCUT2D eigenvalue weighted by Gasteiger charge is 1.86. The van der Waals surface area contributed by atoms with E-state index in [0.717, 1.165) is 5.56 Å². The predicted molar refractivity (Wildman–Crippen MR) is 63.9 cm³/mol. The fourth-order valence-corrected chi connectivity index (χ4v) is 1.12. The lowest BCUT2D eigenvalue weighted by molar-refractivity contribution is 1.51. The maximum Gasteiger partial charge on any atom is 0.0918 e. The molecule has 2 heteroatoms. The van der Waals surface area contributed by atoms with Gasteiger partial charge in [0.05, 0.1) is 12.1 Å². The van der Waals surface area contributed by atoms with E-state index in [0.29, 0.717) is 5.57 Å². The Kier molecular flexibility index (Phi) is 4.89. The van der Waals surface area contributed by atoms with Gasteiger partial charge in [-0.3, -0.25) is 0 Å². The summed E-state index contributed by atoms with van der Waals surface area (Å²) in [5.74, 6) is 0. The SMILES string of the molecule is N#CC=CC(C=Cc1ccccc1)=CC#N. The van der Waals surface area contributed by atoms with Crippen LogP contribution < -0.4 is 0 Å². The van der Waals surface area contributed by atoms with Gasteiger partial charge in [0.15, 0.2) is 0 Å². The number of benzene rings is 1. The Morgan fingerprint density at radius 2 is 1.75 bits per heavy atom. The van der Waals surface area contributed by atoms with Gasteiger partial charge < -0.3 is 0 Å². The molecule has 0 saturated carbocycles. The van der Waals surface area contributed by atoms with Crippen LogP contribution in [0.15, 0.2) is 60.2 Å². The van der Waals surface area contributed by atoms with Crippen LogP contribution in [0.4, 0.5) is 0 Å². The molecule has 0 spiro atoms. The Bertz CT molecular complexity index is 494. The molecule has 16 heavy (non-hydrogen) atoms. The lowest BCUT2D eigenvalue weighted by Crippen LogP contribution is -1.72. The maximum atomic E-state index is 8.56. The first-order chi connectivity index (χ1) is 7.86. The largest absolute Gasteiger partial charge is 0.193 e. The number of allylic oxidation sites excluding steroid dienone is 5. The zero-order chi connectivity index (χ0) is 11.6. The van der Waals surface area contributed by atoms with E-state index < -0.39 is 0 Å². The molecule has 0 heterocycles. The maximum absolute atomic E-state index is 8.56. The van der Waals surface area contributed by atoms with Crippen LogP contribution in [0, 0.1) is 22.7 Å². The number of hydrogen-bond acceptors (Lipinski definition) is 2. The van der Waals surface area contributed by atoms with Crippen LogP contribution in [0.5, 0.6) is 0 Å².